The first kappa shape index (κ1) is 11.7. The average Bonchev–Trinajstić information content (AvgIpc) is 2.96. The van der Waals surface area contributed by atoms with Crippen LogP contribution in [0.15, 0.2) is 24.5 Å². The molecular weight excluding hydrogens is 254 g/mol. The van der Waals surface area contributed by atoms with Crippen LogP contribution in [0.2, 0.25) is 0 Å². The van der Waals surface area contributed by atoms with E-state index in [2.05, 4.69) is 20.6 Å². The van der Waals surface area contributed by atoms with Gasteiger partial charge in [-0.15, -0.1) is 0 Å². The van der Waals surface area contributed by atoms with Gasteiger partial charge in [-0.05, 0) is 19.2 Å². The van der Waals surface area contributed by atoms with Crippen LogP contribution in [0.25, 0.3) is 5.82 Å². The number of rotatable bonds is 0. The standard InChI is InChI=1S/C14H17N5O/c1-16-8-12-11-4-3-5-18(11)14-10(6-17(2)15-14)7-19(12)13(20)9-16/h3-6,12H,7-9H2,1-2H3. The summed E-state index contributed by atoms with van der Waals surface area (Å²) in [6, 6.07) is 4.22. The highest BCUT2D eigenvalue weighted by molar-refractivity contribution is 5.80. The molecule has 0 spiro atoms. The van der Waals surface area contributed by atoms with Crippen molar-refractivity contribution in [3.63, 3.8) is 0 Å². The van der Waals surface area contributed by atoms with Gasteiger partial charge in [0.05, 0.1) is 19.1 Å². The zero-order valence-electron chi connectivity index (χ0n) is 11.7. The number of piperazine rings is 1. The zero-order chi connectivity index (χ0) is 13.9. The summed E-state index contributed by atoms with van der Waals surface area (Å²) < 4.78 is 3.93. The fraction of sp³-hybridized carbons (Fsp3) is 0.429. The lowest BCUT2D eigenvalue weighted by molar-refractivity contribution is -0.140. The van der Waals surface area contributed by atoms with E-state index in [0.717, 1.165) is 23.6 Å². The number of nitrogens with zero attached hydrogens (tertiary/aromatic N) is 5. The molecule has 0 aliphatic carbocycles. The topological polar surface area (TPSA) is 46.3 Å². The first-order valence-corrected chi connectivity index (χ1v) is 6.81. The third kappa shape index (κ3) is 1.54. The Balaban J connectivity index is 1.91. The maximum absolute atomic E-state index is 12.4. The van der Waals surface area contributed by atoms with Crippen molar-refractivity contribution >= 4 is 5.91 Å². The van der Waals surface area contributed by atoms with Gasteiger partial charge < -0.3 is 9.47 Å². The molecule has 1 amide bonds. The average molecular weight is 271 g/mol. The van der Waals surface area contributed by atoms with Crippen molar-refractivity contribution in [2.75, 3.05) is 20.1 Å². The van der Waals surface area contributed by atoms with Gasteiger partial charge in [0.15, 0.2) is 5.82 Å². The molecule has 6 heteroatoms. The van der Waals surface area contributed by atoms with Gasteiger partial charge in [-0.3, -0.25) is 14.4 Å². The van der Waals surface area contributed by atoms with E-state index >= 15 is 0 Å². The van der Waals surface area contributed by atoms with E-state index in [0.29, 0.717) is 13.1 Å². The molecule has 2 aromatic rings. The van der Waals surface area contributed by atoms with Crippen LogP contribution in [0.5, 0.6) is 0 Å². The zero-order valence-corrected chi connectivity index (χ0v) is 11.7. The van der Waals surface area contributed by atoms with Gasteiger partial charge in [0.1, 0.15) is 0 Å². The Bertz CT molecular complexity index is 686. The number of aromatic nitrogens is 3. The Hall–Kier alpha value is -2.08. The second-order valence-corrected chi connectivity index (χ2v) is 5.69. The lowest BCUT2D eigenvalue weighted by Crippen LogP contribution is -2.50. The van der Waals surface area contributed by atoms with Crippen LogP contribution in [0, 0.1) is 0 Å². The van der Waals surface area contributed by atoms with Gasteiger partial charge in [-0.25, -0.2) is 0 Å². The quantitative estimate of drug-likeness (QED) is 0.702. The molecule has 6 nitrogen and oxygen atoms in total. The molecule has 1 saturated heterocycles. The molecular formula is C14H17N5O. The van der Waals surface area contributed by atoms with Crippen LogP contribution in [-0.2, 0) is 18.4 Å². The largest absolute Gasteiger partial charge is 0.327 e. The van der Waals surface area contributed by atoms with E-state index in [1.54, 1.807) is 0 Å². The SMILES string of the molecule is CN1CC(=O)N2Cc3cn(C)nc3-n3cccc3C2C1. The van der Waals surface area contributed by atoms with Crippen molar-refractivity contribution in [2.24, 2.45) is 7.05 Å². The van der Waals surface area contributed by atoms with E-state index in [9.17, 15) is 4.79 Å². The number of aryl methyl sites for hydroxylation is 1. The summed E-state index contributed by atoms with van der Waals surface area (Å²) in [4.78, 5) is 16.5. The van der Waals surface area contributed by atoms with E-state index < -0.39 is 0 Å². The van der Waals surface area contributed by atoms with Crippen LogP contribution >= 0.6 is 0 Å². The first-order chi connectivity index (χ1) is 9.63. The van der Waals surface area contributed by atoms with Crippen LogP contribution in [-0.4, -0.2) is 50.2 Å². The van der Waals surface area contributed by atoms with Crippen molar-refractivity contribution in [2.45, 2.75) is 12.6 Å². The molecule has 0 N–H and O–H groups in total. The monoisotopic (exact) mass is 271 g/mol. The normalized spacial score (nSPS) is 22.2. The second kappa shape index (κ2) is 3.96. The fourth-order valence-corrected chi connectivity index (χ4v) is 3.29. The first-order valence-electron chi connectivity index (χ1n) is 6.81. The molecule has 2 aliphatic rings. The van der Waals surface area contributed by atoms with Gasteiger partial charge in [0.25, 0.3) is 0 Å². The van der Waals surface area contributed by atoms with Crippen molar-refractivity contribution in [3.05, 3.63) is 35.8 Å². The third-order valence-corrected chi connectivity index (χ3v) is 4.16. The van der Waals surface area contributed by atoms with Gasteiger partial charge >= 0.3 is 0 Å². The predicted octanol–water partition coefficient (Wildman–Crippen LogP) is 0.539. The summed E-state index contributed by atoms with van der Waals surface area (Å²) in [5.74, 6) is 1.13. The molecule has 4 rings (SSSR count). The molecule has 2 aromatic heterocycles. The van der Waals surface area contributed by atoms with E-state index in [-0.39, 0.29) is 11.9 Å². The third-order valence-electron chi connectivity index (χ3n) is 4.16. The molecule has 1 unspecified atom stereocenters. The molecule has 1 fully saturated rings. The molecule has 4 heterocycles. The highest BCUT2D eigenvalue weighted by Crippen LogP contribution is 2.33. The number of carbonyl (C=O) groups excluding carboxylic acids is 1. The number of hydrogen-bond donors (Lipinski definition) is 0. The summed E-state index contributed by atoms with van der Waals surface area (Å²) in [6.07, 6.45) is 4.04. The predicted molar refractivity (Wildman–Crippen MR) is 73.3 cm³/mol. The van der Waals surface area contributed by atoms with Crippen LogP contribution in [0.3, 0.4) is 0 Å². The van der Waals surface area contributed by atoms with Gasteiger partial charge in [0.2, 0.25) is 5.91 Å². The van der Waals surface area contributed by atoms with Crippen molar-refractivity contribution in [1.29, 1.82) is 0 Å². The molecule has 104 valence electrons. The van der Waals surface area contributed by atoms with Crippen molar-refractivity contribution in [3.8, 4) is 5.82 Å². The summed E-state index contributed by atoms with van der Waals surface area (Å²) in [6.45, 7) is 2.00. The summed E-state index contributed by atoms with van der Waals surface area (Å²) in [7, 11) is 3.92. The highest BCUT2D eigenvalue weighted by Gasteiger charge is 2.36. The minimum atomic E-state index is 0.107. The van der Waals surface area contributed by atoms with Gasteiger partial charge in [-0.1, -0.05) is 0 Å². The fourth-order valence-electron chi connectivity index (χ4n) is 3.29. The van der Waals surface area contributed by atoms with Gasteiger partial charge in [0, 0.05) is 37.2 Å². The van der Waals surface area contributed by atoms with Crippen molar-refractivity contribution < 1.29 is 4.79 Å². The molecule has 0 aromatic carbocycles. The molecule has 0 radical (unpaired) electrons. The number of likely N-dealkylation sites (N-methyl/N-ethyl adjacent to an activating group) is 1. The lowest BCUT2D eigenvalue weighted by atomic mass is 10.1. The number of carbonyl (C=O) groups is 1. The Morgan fingerprint density at radius 1 is 1.30 bits per heavy atom. The Morgan fingerprint density at radius 3 is 3.00 bits per heavy atom. The maximum atomic E-state index is 12.4. The Labute approximate surface area is 117 Å². The highest BCUT2D eigenvalue weighted by atomic mass is 16.2. The van der Waals surface area contributed by atoms with Crippen LogP contribution in [0.1, 0.15) is 17.3 Å². The molecule has 2 aliphatic heterocycles. The van der Waals surface area contributed by atoms with Gasteiger partial charge in [-0.2, -0.15) is 5.10 Å². The molecule has 0 bridgehead atoms. The summed E-state index contributed by atoms with van der Waals surface area (Å²) >= 11 is 0. The van der Waals surface area contributed by atoms with Crippen LogP contribution < -0.4 is 0 Å². The van der Waals surface area contributed by atoms with E-state index in [4.69, 9.17) is 0 Å². The van der Waals surface area contributed by atoms with Crippen LogP contribution in [0.4, 0.5) is 0 Å². The smallest absolute Gasteiger partial charge is 0.237 e. The number of fused-ring (bicyclic) bond motifs is 5. The number of hydrogen-bond acceptors (Lipinski definition) is 3. The Kier molecular flexibility index (Phi) is 2.32. The summed E-state index contributed by atoms with van der Waals surface area (Å²) in [5, 5.41) is 4.55. The number of amides is 1. The van der Waals surface area contributed by atoms with Crippen molar-refractivity contribution in [1.82, 2.24) is 24.1 Å². The molecule has 1 atom stereocenters. The lowest BCUT2D eigenvalue weighted by Gasteiger charge is -2.38. The second-order valence-electron chi connectivity index (χ2n) is 5.69. The minimum absolute atomic E-state index is 0.107. The molecule has 20 heavy (non-hydrogen) atoms. The van der Waals surface area contributed by atoms with E-state index in [1.807, 2.05) is 42.1 Å². The molecule has 0 saturated carbocycles. The Morgan fingerprint density at radius 2 is 2.15 bits per heavy atom. The van der Waals surface area contributed by atoms with E-state index in [1.165, 1.54) is 0 Å². The maximum Gasteiger partial charge on any atom is 0.237 e. The minimum Gasteiger partial charge on any atom is -0.327 e. The summed E-state index contributed by atoms with van der Waals surface area (Å²) in [5.41, 5.74) is 2.24.